The van der Waals surface area contributed by atoms with Crippen LogP contribution in [0.25, 0.3) is 11.4 Å². The van der Waals surface area contributed by atoms with Crippen LogP contribution < -0.4 is 5.56 Å². The van der Waals surface area contributed by atoms with Crippen LogP contribution in [-0.2, 0) is 18.3 Å². The Morgan fingerprint density at radius 1 is 1.23 bits per heavy atom. The van der Waals surface area contributed by atoms with Crippen molar-refractivity contribution in [2.75, 3.05) is 6.61 Å². The number of benzene rings is 1. The van der Waals surface area contributed by atoms with Gasteiger partial charge in [-0.2, -0.15) is 0 Å². The van der Waals surface area contributed by atoms with E-state index in [1.807, 2.05) is 35.0 Å². The summed E-state index contributed by atoms with van der Waals surface area (Å²) in [6.45, 7) is 3.19. The fraction of sp³-hybridized carbons (Fsp3) is 0.375. The van der Waals surface area contributed by atoms with Crippen LogP contribution in [-0.4, -0.2) is 32.6 Å². The van der Waals surface area contributed by atoms with E-state index in [1.54, 1.807) is 24.7 Å². The quantitative estimate of drug-likeness (QED) is 0.562. The predicted molar refractivity (Wildman–Crippen MR) is 116 cm³/mol. The Hall–Kier alpha value is -2.99. The first-order valence-corrected chi connectivity index (χ1v) is 10.4. The monoisotopic (exact) mass is 405 g/mol. The maximum Gasteiger partial charge on any atom is 0.253 e. The lowest BCUT2D eigenvalue weighted by atomic mass is 10.1. The zero-order valence-corrected chi connectivity index (χ0v) is 17.5. The number of aromatic nitrogens is 3. The number of rotatable bonds is 7. The molecule has 3 aromatic rings. The Morgan fingerprint density at radius 2 is 2.03 bits per heavy atom. The highest BCUT2D eigenvalue weighted by molar-refractivity contribution is 5.94. The zero-order chi connectivity index (χ0) is 21.1. The summed E-state index contributed by atoms with van der Waals surface area (Å²) in [4.78, 5) is 29.7. The predicted octanol–water partition coefficient (Wildman–Crippen LogP) is 3.75. The number of nitrogens with zero attached hydrogens (tertiary/aromatic N) is 3. The molecule has 156 valence electrons. The van der Waals surface area contributed by atoms with Crippen LogP contribution in [0.4, 0.5) is 0 Å². The van der Waals surface area contributed by atoms with Gasteiger partial charge >= 0.3 is 0 Å². The zero-order valence-electron chi connectivity index (χ0n) is 17.5. The van der Waals surface area contributed by atoms with Gasteiger partial charge < -0.3 is 13.9 Å². The van der Waals surface area contributed by atoms with E-state index in [0.29, 0.717) is 30.0 Å². The van der Waals surface area contributed by atoms with Crippen molar-refractivity contribution >= 4 is 5.78 Å². The topological polar surface area (TPSA) is 66.1 Å². The van der Waals surface area contributed by atoms with Crippen LogP contribution in [0, 0.1) is 6.92 Å². The summed E-state index contributed by atoms with van der Waals surface area (Å²) < 4.78 is 9.20. The fourth-order valence-corrected chi connectivity index (χ4v) is 3.97. The highest BCUT2D eigenvalue weighted by atomic mass is 16.5. The number of hydrogen-bond donors (Lipinski definition) is 0. The minimum Gasteiger partial charge on any atom is -0.378 e. The first kappa shape index (κ1) is 20.3. The van der Waals surface area contributed by atoms with E-state index in [1.165, 1.54) is 0 Å². The molecular weight excluding hydrogens is 378 g/mol. The third kappa shape index (κ3) is 4.44. The van der Waals surface area contributed by atoms with Crippen molar-refractivity contribution in [2.24, 2.45) is 7.05 Å². The van der Waals surface area contributed by atoms with Crippen LogP contribution in [0.1, 0.15) is 47.3 Å². The Morgan fingerprint density at radius 3 is 2.73 bits per heavy atom. The lowest BCUT2D eigenvalue weighted by Crippen LogP contribution is -2.18. The van der Waals surface area contributed by atoms with E-state index < -0.39 is 0 Å². The highest BCUT2D eigenvalue weighted by Gasteiger charge is 2.20. The van der Waals surface area contributed by atoms with E-state index in [-0.39, 0.29) is 17.4 Å². The summed E-state index contributed by atoms with van der Waals surface area (Å²) in [5.74, 6) is 0.720. The minimum absolute atomic E-state index is 0.0279. The Labute approximate surface area is 176 Å². The summed E-state index contributed by atoms with van der Waals surface area (Å²) in [6, 6.07) is 11.9. The van der Waals surface area contributed by atoms with Crippen molar-refractivity contribution in [3.05, 3.63) is 76.0 Å². The molecule has 30 heavy (non-hydrogen) atoms. The van der Waals surface area contributed by atoms with Gasteiger partial charge in [0.15, 0.2) is 5.78 Å². The number of hydrogen-bond acceptors (Lipinski definition) is 4. The summed E-state index contributed by atoms with van der Waals surface area (Å²) >= 11 is 0. The third-order valence-electron chi connectivity index (χ3n) is 5.60. The van der Waals surface area contributed by atoms with Crippen molar-refractivity contribution in [3.8, 4) is 11.4 Å². The highest BCUT2D eigenvalue weighted by Crippen LogP contribution is 2.23. The number of ether oxygens (including phenoxy) is 1. The van der Waals surface area contributed by atoms with E-state index in [0.717, 1.165) is 37.0 Å². The van der Waals surface area contributed by atoms with Crippen molar-refractivity contribution in [2.45, 2.75) is 45.3 Å². The van der Waals surface area contributed by atoms with Crippen molar-refractivity contribution < 1.29 is 9.53 Å². The van der Waals surface area contributed by atoms with Gasteiger partial charge in [0.25, 0.3) is 5.56 Å². The summed E-state index contributed by atoms with van der Waals surface area (Å²) in [5.41, 5.74) is 3.02. The molecule has 0 N–H and O–H groups in total. The maximum atomic E-state index is 12.9. The summed E-state index contributed by atoms with van der Waals surface area (Å²) in [5, 5.41) is 0. The molecule has 0 radical (unpaired) electrons. The average molecular weight is 405 g/mol. The van der Waals surface area contributed by atoms with Gasteiger partial charge in [-0.15, -0.1) is 0 Å². The first-order chi connectivity index (χ1) is 14.5. The number of pyridine rings is 1. The van der Waals surface area contributed by atoms with Gasteiger partial charge in [-0.25, -0.2) is 4.98 Å². The Bertz CT molecular complexity index is 1070. The first-order valence-electron chi connectivity index (χ1n) is 10.4. The number of ketones is 1. The molecule has 6 heteroatoms. The molecule has 4 rings (SSSR count). The normalized spacial score (nSPS) is 16.1. The smallest absolute Gasteiger partial charge is 0.253 e. The van der Waals surface area contributed by atoms with Crippen LogP contribution in [0.3, 0.4) is 0 Å². The SMILES string of the molecule is Cc1cc(-c2nc(C(=O)CCC3CCCO3)cn2Cc2ccccc2)cn(C)c1=O. The Kier molecular flexibility index (Phi) is 5.95. The van der Waals surface area contributed by atoms with Gasteiger partial charge in [0, 0.05) is 50.1 Å². The number of imidazole rings is 1. The van der Waals surface area contributed by atoms with E-state index in [4.69, 9.17) is 9.72 Å². The molecule has 2 aromatic heterocycles. The van der Waals surface area contributed by atoms with Crippen LogP contribution >= 0.6 is 0 Å². The van der Waals surface area contributed by atoms with E-state index in [2.05, 4.69) is 12.1 Å². The molecule has 0 amide bonds. The average Bonchev–Trinajstić information content (AvgIpc) is 3.41. The van der Waals surface area contributed by atoms with Gasteiger partial charge in [0.1, 0.15) is 11.5 Å². The molecule has 0 bridgehead atoms. The molecule has 0 spiro atoms. The van der Waals surface area contributed by atoms with Crippen molar-refractivity contribution in [1.29, 1.82) is 0 Å². The molecule has 6 nitrogen and oxygen atoms in total. The molecule has 0 saturated carbocycles. The second-order valence-electron chi connectivity index (χ2n) is 7.99. The lowest BCUT2D eigenvalue weighted by molar-refractivity contribution is 0.0856. The molecule has 1 fully saturated rings. The number of carbonyl (C=O) groups is 1. The molecule has 0 aliphatic carbocycles. The van der Waals surface area contributed by atoms with Crippen LogP contribution in [0.2, 0.25) is 0 Å². The molecule has 1 aliphatic rings. The van der Waals surface area contributed by atoms with Crippen molar-refractivity contribution in [1.82, 2.24) is 14.1 Å². The number of carbonyl (C=O) groups excluding carboxylic acids is 1. The molecule has 1 aromatic carbocycles. The maximum absolute atomic E-state index is 12.9. The van der Waals surface area contributed by atoms with E-state index in [9.17, 15) is 9.59 Å². The summed E-state index contributed by atoms with van der Waals surface area (Å²) in [6.07, 6.45) is 7.06. The van der Waals surface area contributed by atoms with Crippen molar-refractivity contribution in [3.63, 3.8) is 0 Å². The van der Waals surface area contributed by atoms with Crippen LogP contribution in [0.15, 0.2) is 53.6 Å². The lowest BCUT2D eigenvalue weighted by Gasteiger charge is -2.10. The van der Waals surface area contributed by atoms with Gasteiger partial charge in [0.2, 0.25) is 0 Å². The van der Waals surface area contributed by atoms with Gasteiger partial charge in [-0.3, -0.25) is 9.59 Å². The molecule has 1 saturated heterocycles. The largest absolute Gasteiger partial charge is 0.378 e. The number of aryl methyl sites for hydroxylation is 2. The Balaban J connectivity index is 1.66. The second kappa shape index (κ2) is 8.79. The third-order valence-corrected chi connectivity index (χ3v) is 5.60. The van der Waals surface area contributed by atoms with Gasteiger partial charge in [0.05, 0.1) is 6.10 Å². The standard InChI is InChI=1S/C24H27N3O3/c1-17-13-19(15-26(2)24(17)29)23-25-21(22(28)11-10-20-9-6-12-30-20)16-27(23)14-18-7-4-3-5-8-18/h3-5,7-8,13,15-16,20H,6,9-12,14H2,1-2H3. The van der Waals surface area contributed by atoms with Gasteiger partial charge in [-0.1, -0.05) is 30.3 Å². The molecule has 1 aliphatic heterocycles. The molecule has 1 atom stereocenters. The molecule has 3 heterocycles. The summed E-state index contributed by atoms with van der Waals surface area (Å²) in [7, 11) is 1.73. The van der Waals surface area contributed by atoms with Gasteiger partial charge in [-0.05, 0) is 37.8 Å². The molecule has 1 unspecified atom stereocenters. The molecular formula is C24H27N3O3. The minimum atomic E-state index is -0.0345. The fourth-order valence-electron chi connectivity index (χ4n) is 3.97. The second-order valence-corrected chi connectivity index (χ2v) is 7.99. The number of Topliss-reactive ketones (excluding diaryl/α,β-unsaturated/α-hetero) is 1. The van der Waals surface area contributed by atoms with E-state index >= 15 is 0 Å². The van der Waals surface area contributed by atoms with Crippen LogP contribution in [0.5, 0.6) is 0 Å².